The minimum Gasteiger partial charge on any atom is -0.371 e. The summed E-state index contributed by atoms with van der Waals surface area (Å²) in [5.41, 5.74) is 1.04. The van der Waals surface area contributed by atoms with Crippen LogP contribution < -0.4 is 10.6 Å². The summed E-state index contributed by atoms with van der Waals surface area (Å²) in [4.78, 5) is 27.8. The molecular formula is C19H21N7O3S. The standard InChI is InChI=1S/C19H21N7O3S/c1-3-25-17(23-24-19(25)30)11-21-18(27)13-7-8-15(16(10-13)26(28)29)22-12(2)14-6-4-5-9-20-14/h4-10,12,22H,3,11H2,1-2H3,(H,21,27)(H,24,30). The number of hydrogen-bond donors (Lipinski definition) is 3. The van der Waals surface area contributed by atoms with Gasteiger partial charge in [0.25, 0.3) is 11.6 Å². The van der Waals surface area contributed by atoms with Crippen LogP contribution in [0, 0.1) is 14.9 Å². The fourth-order valence-corrected chi connectivity index (χ4v) is 3.24. The molecule has 2 heterocycles. The second-order valence-corrected chi connectivity index (χ2v) is 6.87. The predicted octanol–water partition coefficient (Wildman–Crippen LogP) is 3.37. The van der Waals surface area contributed by atoms with E-state index in [9.17, 15) is 14.9 Å². The first-order valence-corrected chi connectivity index (χ1v) is 9.69. The molecule has 3 N–H and O–H groups in total. The molecule has 0 saturated carbocycles. The normalized spacial score (nSPS) is 11.7. The average molecular weight is 427 g/mol. The number of hydrogen-bond acceptors (Lipinski definition) is 7. The van der Waals surface area contributed by atoms with Crippen molar-refractivity contribution in [3.8, 4) is 0 Å². The number of H-pyrrole nitrogens is 1. The van der Waals surface area contributed by atoms with E-state index in [0.717, 1.165) is 5.69 Å². The fraction of sp³-hybridized carbons (Fsp3) is 0.263. The van der Waals surface area contributed by atoms with E-state index < -0.39 is 10.8 Å². The number of nitrogens with zero attached hydrogens (tertiary/aromatic N) is 4. The third-order valence-electron chi connectivity index (χ3n) is 4.52. The van der Waals surface area contributed by atoms with Crippen molar-refractivity contribution in [3.63, 3.8) is 0 Å². The molecule has 0 fully saturated rings. The number of carbonyl (C=O) groups is 1. The van der Waals surface area contributed by atoms with Crippen molar-refractivity contribution in [1.82, 2.24) is 25.1 Å². The van der Waals surface area contributed by atoms with Crippen LogP contribution >= 0.6 is 12.2 Å². The molecule has 10 nitrogen and oxygen atoms in total. The molecule has 0 radical (unpaired) electrons. The van der Waals surface area contributed by atoms with E-state index in [2.05, 4.69) is 25.8 Å². The molecular weight excluding hydrogens is 406 g/mol. The van der Waals surface area contributed by atoms with Gasteiger partial charge in [0.15, 0.2) is 10.6 Å². The van der Waals surface area contributed by atoms with Gasteiger partial charge in [0, 0.05) is 24.4 Å². The first-order valence-electron chi connectivity index (χ1n) is 9.29. The molecule has 0 spiro atoms. The fourth-order valence-electron chi connectivity index (χ4n) is 2.96. The highest BCUT2D eigenvalue weighted by Crippen LogP contribution is 2.29. The Kier molecular flexibility index (Phi) is 6.52. The summed E-state index contributed by atoms with van der Waals surface area (Å²) < 4.78 is 2.22. The van der Waals surface area contributed by atoms with Crippen molar-refractivity contribution in [2.75, 3.05) is 5.32 Å². The first-order chi connectivity index (χ1) is 14.4. The maximum atomic E-state index is 12.5. The van der Waals surface area contributed by atoms with Gasteiger partial charge in [0.2, 0.25) is 0 Å². The van der Waals surface area contributed by atoms with Crippen LogP contribution in [-0.2, 0) is 13.1 Å². The van der Waals surface area contributed by atoms with Crippen LogP contribution in [0.5, 0.6) is 0 Å². The number of anilines is 1. The Bertz CT molecular complexity index is 1110. The molecule has 0 aliphatic heterocycles. The molecule has 156 valence electrons. The molecule has 0 aliphatic carbocycles. The number of nitro groups is 1. The van der Waals surface area contributed by atoms with Gasteiger partial charge in [-0.3, -0.25) is 25.0 Å². The number of benzene rings is 1. The SMILES string of the molecule is CCn1c(CNC(=O)c2ccc(NC(C)c3ccccn3)c([N+](=O)[O-])c2)n[nH]c1=S. The molecule has 1 unspecified atom stereocenters. The van der Waals surface area contributed by atoms with Gasteiger partial charge in [-0.1, -0.05) is 6.07 Å². The molecule has 1 amide bonds. The molecule has 3 rings (SSSR count). The minimum absolute atomic E-state index is 0.143. The highest BCUT2D eigenvalue weighted by molar-refractivity contribution is 7.71. The van der Waals surface area contributed by atoms with Gasteiger partial charge in [-0.25, -0.2) is 0 Å². The molecule has 1 atom stereocenters. The molecule has 0 saturated heterocycles. The number of rotatable bonds is 8. The Morgan fingerprint density at radius 3 is 2.83 bits per heavy atom. The van der Waals surface area contributed by atoms with E-state index in [0.29, 0.717) is 22.8 Å². The van der Waals surface area contributed by atoms with Gasteiger partial charge in [-0.2, -0.15) is 5.10 Å². The third kappa shape index (κ3) is 4.69. The van der Waals surface area contributed by atoms with Crippen LogP contribution in [0.1, 0.15) is 41.8 Å². The molecule has 11 heteroatoms. The summed E-state index contributed by atoms with van der Waals surface area (Å²) in [6.45, 7) is 4.52. The Morgan fingerprint density at radius 1 is 1.37 bits per heavy atom. The van der Waals surface area contributed by atoms with E-state index in [1.165, 1.54) is 18.2 Å². The first kappa shape index (κ1) is 21.1. The second-order valence-electron chi connectivity index (χ2n) is 6.48. The molecule has 0 aliphatic rings. The number of aromatic amines is 1. The summed E-state index contributed by atoms with van der Waals surface area (Å²) in [6, 6.07) is 9.53. The minimum atomic E-state index is -0.521. The van der Waals surface area contributed by atoms with Crippen molar-refractivity contribution in [2.45, 2.75) is 33.0 Å². The smallest absolute Gasteiger partial charge is 0.293 e. The van der Waals surface area contributed by atoms with E-state index in [1.807, 2.05) is 26.0 Å². The summed E-state index contributed by atoms with van der Waals surface area (Å²) in [6.07, 6.45) is 1.66. The van der Waals surface area contributed by atoms with Gasteiger partial charge in [0.1, 0.15) is 5.69 Å². The summed E-state index contributed by atoms with van der Waals surface area (Å²) >= 11 is 5.12. The van der Waals surface area contributed by atoms with Crippen molar-refractivity contribution in [1.29, 1.82) is 0 Å². The topological polar surface area (TPSA) is 131 Å². The summed E-state index contributed by atoms with van der Waals surface area (Å²) in [7, 11) is 0. The summed E-state index contributed by atoms with van der Waals surface area (Å²) in [5, 5.41) is 24.1. The number of nitro benzene ring substituents is 1. The Labute approximate surface area is 177 Å². The van der Waals surface area contributed by atoms with Crippen molar-refractivity contribution < 1.29 is 9.72 Å². The van der Waals surface area contributed by atoms with Gasteiger partial charge >= 0.3 is 0 Å². The lowest BCUT2D eigenvalue weighted by atomic mass is 10.1. The quantitative estimate of drug-likeness (QED) is 0.285. The van der Waals surface area contributed by atoms with Crippen LogP contribution in [-0.4, -0.2) is 30.6 Å². The van der Waals surface area contributed by atoms with Crippen LogP contribution in [0.15, 0.2) is 42.6 Å². The lowest BCUT2D eigenvalue weighted by Crippen LogP contribution is -2.25. The van der Waals surface area contributed by atoms with Gasteiger partial charge in [0.05, 0.1) is 23.2 Å². The zero-order valence-corrected chi connectivity index (χ0v) is 17.3. The van der Waals surface area contributed by atoms with E-state index in [1.54, 1.807) is 16.8 Å². The van der Waals surface area contributed by atoms with Gasteiger partial charge < -0.3 is 15.2 Å². The van der Waals surface area contributed by atoms with Crippen LogP contribution in [0.25, 0.3) is 0 Å². The van der Waals surface area contributed by atoms with E-state index >= 15 is 0 Å². The van der Waals surface area contributed by atoms with E-state index in [4.69, 9.17) is 12.2 Å². The van der Waals surface area contributed by atoms with Crippen molar-refractivity contribution >= 4 is 29.5 Å². The largest absolute Gasteiger partial charge is 0.371 e. The number of nitrogens with one attached hydrogen (secondary N) is 3. The highest BCUT2D eigenvalue weighted by Gasteiger charge is 2.20. The average Bonchev–Trinajstić information content (AvgIpc) is 3.12. The second kappa shape index (κ2) is 9.27. The molecule has 2 aromatic heterocycles. The van der Waals surface area contributed by atoms with Crippen molar-refractivity contribution in [2.24, 2.45) is 0 Å². The van der Waals surface area contributed by atoms with Crippen LogP contribution in [0.4, 0.5) is 11.4 Å². The van der Waals surface area contributed by atoms with Gasteiger partial charge in [-0.15, -0.1) is 0 Å². The maximum Gasteiger partial charge on any atom is 0.293 e. The lowest BCUT2D eigenvalue weighted by Gasteiger charge is -2.15. The van der Waals surface area contributed by atoms with Crippen LogP contribution in [0.3, 0.4) is 0 Å². The molecule has 1 aromatic carbocycles. The summed E-state index contributed by atoms with van der Waals surface area (Å²) in [5.74, 6) is 0.131. The lowest BCUT2D eigenvalue weighted by molar-refractivity contribution is -0.384. The maximum absolute atomic E-state index is 12.5. The van der Waals surface area contributed by atoms with Crippen molar-refractivity contribution in [3.05, 3.63) is 74.6 Å². The Balaban J connectivity index is 1.76. The number of carbonyl (C=O) groups excluding carboxylic acids is 1. The third-order valence-corrected chi connectivity index (χ3v) is 4.83. The Morgan fingerprint density at radius 2 is 2.17 bits per heavy atom. The molecule has 30 heavy (non-hydrogen) atoms. The zero-order valence-electron chi connectivity index (χ0n) is 16.5. The monoisotopic (exact) mass is 427 g/mol. The number of aromatic nitrogens is 4. The predicted molar refractivity (Wildman–Crippen MR) is 114 cm³/mol. The van der Waals surface area contributed by atoms with E-state index in [-0.39, 0.29) is 23.8 Å². The highest BCUT2D eigenvalue weighted by atomic mass is 32.1. The molecule has 0 bridgehead atoms. The zero-order chi connectivity index (χ0) is 21.7. The van der Waals surface area contributed by atoms with Gasteiger partial charge in [-0.05, 0) is 50.3 Å². The Hall–Kier alpha value is -3.60. The molecule has 3 aromatic rings. The number of pyridine rings is 1. The van der Waals surface area contributed by atoms with Crippen LogP contribution in [0.2, 0.25) is 0 Å². The number of amides is 1.